The Bertz CT molecular complexity index is 1510. The number of aryl methyl sites for hydroxylation is 1. The molecule has 34 heavy (non-hydrogen) atoms. The van der Waals surface area contributed by atoms with Gasteiger partial charge in [0.2, 0.25) is 11.4 Å². The molecule has 0 radical (unpaired) electrons. The van der Waals surface area contributed by atoms with Gasteiger partial charge in [-0.3, -0.25) is 9.59 Å². The Morgan fingerprint density at radius 1 is 1.00 bits per heavy atom. The molecule has 0 atom stereocenters. The largest absolute Gasteiger partial charge is 0.320 e. The number of benzene rings is 2. The summed E-state index contributed by atoms with van der Waals surface area (Å²) in [5.74, 6) is -0.804. The van der Waals surface area contributed by atoms with Gasteiger partial charge in [-0.15, -0.1) is 0 Å². The lowest BCUT2D eigenvalue weighted by molar-refractivity contribution is 0.101. The van der Waals surface area contributed by atoms with Crippen molar-refractivity contribution in [3.8, 4) is 5.69 Å². The number of nitrogens with zero attached hydrogens (tertiary/aromatic N) is 4. The maximum atomic E-state index is 12.8. The highest BCUT2D eigenvalue weighted by atomic mass is 35.5. The summed E-state index contributed by atoms with van der Waals surface area (Å²) in [5, 5.41) is 7.30. The topological polar surface area (TPSA) is 136 Å². The van der Waals surface area contributed by atoms with E-state index in [-0.39, 0.29) is 22.2 Å². The number of amides is 1. The molecule has 10 nitrogen and oxygen atoms in total. The summed E-state index contributed by atoms with van der Waals surface area (Å²) in [6.07, 6.45) is 2.81. The number of rotatable bonds is 6. The first-order chi connectivity index (χ1) is 16.2. The second-order valence-electron chi connectivity index (χ2n) is 7.04. The van der Waals surface area contributed by atoms with Crippen LogP contribution in [0.2, 0.25) is 5.02 Å². The van der Waals surface area contributed by atoms with Crippen molar-refractivity contribution in [1.82, 2.24) is 19.7 Å². The average molecular weight is 497 g/mol. The molecular formula is C22H17ClN6O4S. The molecule has 2 aromatic heterocycles. The molecule has 0 aliphatic carbocycles. The van der Waals surface area contributed by atoms with Gasteiger partial charge < -0.3 is 5.32 Å². The summed E-state index contributed by atoms with van der Waals surface area (Å²) in [7, 11) is -3.92. The zero-order valence-electron chi connectivity index (χ0n) is 17.6. The van der Waals surface area contributed by atoms with Crippen LogP contribution in [0.5, 0.6) is 0 Å². The van der Waals surface area contributed by atoms with Crippen LogP contribution in [0.25, 0.3) is 5.69 Å². The minimum absolute atomic E-state index is 0.0588. The average Bonchev–Trinajstić information content (AvgIpc) is 2.80. The van der Waals surface area contributed by atoms with Gasteiger partial charge in [0.1, 0.15) is 0 Å². The Labute approximate surface area is 199 Å². The van der Waals surface area contributed by atoms with Gasteiger partial charge in [-0.2, -0.15) is 5.10 Å². The molecule has 0 saturated heterocycles. The van der Waals surface area contributed by atoms with Crippen molar-refractivity contribution in [2.24, 2.45) is 0 Å². The first-order valence-corrected chi connectivity index (χ1v) is 11.7. The Morgan fingerprint density at radius 3 is 2.29 bits per heavy atom. The van der Waals surface area contributed by atoms with Crippen LogP contribution in [0.1, 0.15) is 16.2 Å². The number of sulfonamides is 1. The van der Waals surface area contributed by atoms with E-state index in [9.17, 15) is 18.0 Å². The van der Waals surface area contributed by atoms with Gasteiger partial charge in [-0.05, 0) is 61.5 Å². The predicted molar refractivity (Wildman–Crippen MR) is 127 cm³/mol. The molecule has 2 N–H and O–H groups in total. The lowest BCUT2D eigenvalue weighted by Crippen LogP contribution is -2.26. The second-order valence-corrected chi connectivity index (χ2v) is 9.16. The summed E-state index contributed by atoms with van der Waals surface area (Å²) < 4.78 is 28.7. The van der Waals surface area contributed by atoms with Crippen LogP contribution in [-0.2, 0) is 10.0 Å². The highest BCUT2D eigenvalue weighted by Crippen LogP contribution is 2.17. The van der Waals surface area contributed by atoms with Crippen molar-refractivity contribution < 1.29 is 13.2 Å². The standard InChI is InChI=1S/C22H17ClN6O4S/c1-14-13-19(30)20(27-29(14)17-7-3-15(23)4-8-17)21(31)26-16-5-9-18(10-6-16)34(32,33)28-22-24-11-2-12-25-22/h2-13H,1H3,(H,26,31)(H,24,25,28). The molecule has 0 unspecified atom stereocenters. The van der Waals surface area contributed by atoms with Crippen molar-refractivity contribution in [1.29, 1.82) is 0 Å². The van der Waals surface area contributed by atoms with Gasteiger partial charge >= 0.3 is 0 Å². The molecule has 0 aliphatic heterocycles. The van der Waals surface area contributed by atoms with E-state index in [0.29, 0.717) is 16.4 Å². The normalized spacial score (nSPS) is 11.1. The van der Waals surface area contributed by atoms with E-state index in [1.54, 1.807) is 37.3 Å². The van der Waals surface area contributed by atoms with Crippen LogP contribution in [-0.4, -0.2) is 34.1 Å². The number of hydrogen-bond donors (Lipinski definition) is 2. The molecule has 0 fully saturated rings. The minimum Gasteiger partial charge on any atom is -0.320 e. The number of carbonyl (C=O) groups is 1. The molecule has 0 aliphatic rings. The van der Waals surface area contributed by atoms with Crippen LogP contribution in [0.3, 0.4) is 0 Å². The third kappa shape index (κ3) is 5.11. The molecular weight excluding hydrogens is 480 g/mol. The first-order valence-electron chi connectivity index (χ1n) is 9.81. The van der Waals surface area contributed by atoms with Crippen LogP contribution in [0, 0.1) is 6.92 Å². The van der Waals surface area contributed by atoms with Gasteiger partial charge in [0.25, 0.3) is 15.9 Å². The van der Waals surface area contributed by atoms with Crippen LogP contribution in [0.4, 0.5) is 11.6 Å². The maximum Gasteiger partial charge on any atom is 0.280 e. The summed E-state index contributed by atoms with van der Waals surface area (Å²) in [6, 6.07) is 15.0. The molecule has 1 amide bonds. The summed E-state index contributed by atoms with van der Waals surface area (Å²) >= 11 is 5.92. The first kappa shape index (κ1) is 23.1. The number of nitrogens with one attached hydrogen (secondary N) is 2. The van der Waals surface area contributed by atoms with Gasteiger partial charge in [0.05, 0.1) is 10.6 Å². The van der Waals surface area contributed by atoms with E-state index >= 15 is 0 Å². The fourth-order valence-electron chi connectivity index (χ4n) is 2.99. The molecule has 2 aromatic carbocycles. The smallest absolute Gasteiger partial charge is 0.280 e. The van der Waals surface area contributed by atoms with E-state index < -0.39 is 21.4 Å². The fraction of sp³-hybridized carbons (Fsp3) is 0.0455. The van der Waals surface area contributed by atoms with Gasteiger partial charge in [0, 0.05) is 34.9 Å². The quantitative estimate of drug-likeness (QED) is 0.418. The number of hydrogen-bond acceptors (Lipinski definition) is 7. The monoisotopic (exact) mass is 496 g/mol. The molecule has 4 aromatic rings. The third-order valence-corrected chi connectivity index (χ3v) is 6.20. The number of carbonyl (C=O) groups excluding carboxylic acids is 1. The Hall–Kier alpha value is -4.09. The predicted octanol–water partition coefficient (Wildman–Crippen LogP) is 3.04. The zero-order chi connectivity index (χ0) is 24.3. The zero-order valence-corrected chi connectivity index (χ0v) is 19.2. The third-order valence-electron chi connectivity index (χ3n) is 4.61. The van der Waals surface area contributed by atoms with Crippen LogP contribution >= 0.6 is 11.6 Å². The van der Waals surface area contributed by atoms with Gasteiger partial charge in [-0.1, -0.05) is 11.6 Å². The molecule has 2 heterocycles. The highest BCUT2D eigenvalue weighted by molar-refractivity contribution is 7.92. The Balaban J connectivity index is 1.54. The Morgan fingerprint density at radius 2 is 1.65 bits per heavy atom. The van der Waals surface area contributed by atoms with Crippen LogP contribution < -0.4 is 15.5 Å². The van der Waals surface area contributed by atoms with Crippen molar-refractivity contribution in [2.45, 2.75) is 11.8 Å². The second kappa shape index (κ2) is 9.41. The Kier molecular flexibility index (Phi) is 6.39. The van der Waals surface area contributed by atoms with Crippen molar-refractivity contribution >= 4 is 39.2 Å². The van der Waals surface area contributed by atoms with Gasteiger partial charge in [-0.25, -0.2) is 27.8 Å². The molecule has 172 valence electrons. The lowest BCUT2D eigenvalue weighted by Gasteiger charge is -2.12. The summed E-state index contributed by atoms with van der Waals surface area (Å²) in [6.45, 7) is 1.69. The summed E-state index contributed by atoms with van der Waals surface area (Å²) in [5.41, 5.74) is 0.570. The fourth-order valence-corrected chi connectivity index (χ4v) is 4.07. The van der Waals surface area contributed by atoms with E-state index in [2.05, 4.69) is 25.1 Å². The molecule has 12 heteroatoms. The molecule has 0 bridgehead atoms. The highest BCUT2D eigenvalue weighted by Gasteiger charge is 2.18. The number of anilines is 2. The maximum absolute atomic E-state index is 12.8. The van der Waals surface area contributed by atoms with E-state index in [4.69, 9.17) is 11.6 Å². The van der Waals surface area contributed by atoms with Gasteiger partial charge in [0.15, 0.2) is 5.69 Å². The van der Waals surface area contributed by atoms with Crippen molar-refractivity contribution in [3.05, 3.63) is 99.7 Å². The number of aromatic nitrogens is 4. The van der Waals surface area contributed by atoms with E-state index in [0.717, 1.165) is 0 Å². The molecule has 4 rings (SSSR count). The minimum atomic E-state index is -3.92. The van der Waals surface area contributed by atoms with E-state index in [1.165, 1.54) is 47.4 Å². The van der Waals surface area contributed by atoms with Crippen molar-refractivity contribution in [2.75, 3.05) is 10.0 Å². The molecule has 0 spiro atoms. The summed E-state index contributed by atoms with van der Waals surface area (Å²) in [4.78, 5) is 32.8. The SMILES string of the molecule is Cc1cc(=O)c(C(=O)Nc2ccc(S(=O)(=O)Nc3ncccn3)cc2)nn1-c1ccc(Cl)cc1. The number of halogens is 1. The van der Waals surface area contributed by atoms with Crippen molar-refractivity contribution in [3.63, 3.8) is 0 Å². The van der Waals surface area contributed by atoms with Crippen LogP contribution in [0.15, 0.2) is 82.7 Å². The molecule has 0 saturated carbocycles. The lowest BCUT2D eigenvalue weighted by atomic mass is 10.2. The van der Waals surface area contributed by atoms with E-state index in [1.807, 2.05) is 0 Å².